The standard InChI is InChI=1S/C16H15Cl2NO2/c17-16(18)14(21)19(10-12-4-2-1-3-5-12)11-15(16)8-6-13(20)7-9-15/h1-9,13,20H,10-11H2. The number of aliphatic hydroxyl groups is 1. The lowest BCUT2D eigenvalue weighted by atomic mass is 9.82. The summed E-state index contributed by atoms with van der Waals surface area (Å²) in [6.07, 6.45) is 6.04. The predicted molar refractivity (Wildman–Crippen MR) is 83.0 cm³/mol. The lowest BCUT2D eigenvalue weighted by Gasteiger charge is -2.31. The first kappa shape index (κ1) is 14.6. The van der Waals surface area contributed by atoms with Crippen molar-refractivity contribution in [2.24, 2.45) is 5.41 Å². The minimum atomic E-state index is -1.55. The van der Waals surface area contributed by atoms with Gasteiger partial charge in [-0.25, -0.2) is 0 Å². The van der Waals surface area contributed by atoms with Gasteiger partial charge in [0.25, 0.3) is 5.91 Å². The Hall–Kier alpha value is -1.29. The van der Waals surface area contributed by atoms with Crippen molar-refractivity contribution in [3.05, 3.63) is 60.2 Å². The van der Waals surface area contributed by atoms with Crippen LogP contribution in [0, 0.1) is 5.41 Å². The van der Waals surface area contributed by atoms with E-state index in [1.807, 2.05) is 30.3 Å². The van der Waals surface area contributed by atoms with Crippen LogP contribution in [0.4, 0.5) is 0 Å². The fourth-order valence-electron chi connectivity index (χ4n) is 2.79. The lowest BCUT2D eigenvalue weighted by molar-refractivity contribution is -0.128. The highest BCUT2D eigenvalue weighted by Crippen LogP contribution is 2.51. The molecule has 1 heterocycles. The van der Waals surface area contributed by atoms with Crippen molar-refractivity contribution in [1.82, 2.24) is 4.90 Å². The largest absolute Gasteiger partial charge is 0.385 e. The van der Waals surface area contributed by atoms with Crippen LogP contribution in [-0.4, -0.2) is 32.9 Å². The third-order valence-corrected chi connectivity index (χ3v) is 5.02. The molecule has 0 bridgehead atoms. The van der Waals surface area contributed by atoms with E-state index < -0.39 is 15.9 Å². The molecule has 1 aromatic carbocycles. The Morgan fingerprint density at radius 3 is 2.43 bits per heavy atom. The van der Waals surface area contributed by atoms with Crippen molar-refractivity contribution in [2.45, 2.75) is 17.0 Å². The highest BCUT2D eigenvalue weighted by Gasteiger charge is 2.60. The van der Waals surface area contributed by atoms with Gasteiger partial charge in [-0.2, -0.15) is 0 Å². The van der Waals surface area contributed by atoms with Crippen molar-refractivity contribution in [3.63, 3.8) is 0 Å². The van der Waals surface area contributed by atoms with E-state index in [-0.39, 0.29) is 5.91 Å². The van der Waals surface area contributed by atoms with Crippen LogP contribution in [0.2, 0.25) is 0 Å². The van der Waals surface area contributed by atoms with E-state index in [4.69, 9.17) is 23.2 Å². The van der Waals surface area contributed by atoms with Gasteiger partial charge >= 0.3 is 0 Å². The molecule has 0 saturated carbocycles. The molecule has 21 heavy (non-hydrogen) atoms. The number of carbonyl (C=O) groups is 1. The van der Waals surface area contributed by atoms with Crippen molar-refractivity contribution < 1.29 is 9.90 Å². The van der Waals surface area contributed by atoms with Gasteiger partial charge in [0.15, 0.2) is 0 Å². The molecule has 1 fully saturated rings. The maximum absolute atomic E-state index is 12.5. The Morgan fingerprint density at radius 2 is 1.81 bits per heavy atom. The summed E-state index contributed by atoms with van der Waals surface area (Å²) in [5.41, 5.74) is 0.233. The molecule has 1 spiro atoms. The topological polar surface area (TPSA) is 40.5 Å². The minimum Gasteiger partial charge on any atom is -0.385 e. The van der Waals surface area contributed by atoms with Gasteiger partial charge in [-0.15, -0.1) is 0 Å². The lowest BCUT2D eigenvalue weighted by Crippen LogP contribution is -2.39. The molecule has 5 heteroatoms. The first-order chi connectivity index (χ1) is 9.95. The first-order valence-electron chi connectivity index (χ1n) is 6.72. The number of rotatable bonds is 2. The number of alkyl halides is 2. The number of amides is 1. The summed E-state index contributed by atoms with van der Waals surface area (Å²) in [6.45, 7) is 0.861. The fraction of sp³-hybridized carbons (Fsp3) is 0.312. The molecule has 3 nitrogen and oxygen atoms in total. The summed E-state index contributed by atoms with van der Waals surface area (Å²) in [5, 5.41) is 9.53. The van der Waals surface area contributed by atoms with E-state index in [9.17, 15) is 9.90 Å². The number of hydrogen-bond donors (Lipinski definition) is 1. The summed E-state index contributed by atoms with van der Waals surface area (Å²) < 4.78 is -1.55. The minimum absolute atomic E-state index is 0.305. The number of carbonyl (C=O) groups excluding carboxylic acids is 1. The molecule has 0 radical (unpaired) electrons. The van der Waals surface area contributed by atoms with Crippen LogP contribution >= 0.6 is 23.2 Å². The molecular weight excluding hydrogens is 309 g/mol. The molecule has 1 amide bonds. The highest BCUT2D eigenvalue weighted by molar-refractivity contribution is 6.59. The van der Waals surface area contributed by atoms with E-state index in [2.05, 4.69) is 0 Å². The smallest absolute Gasteiger partial charge is 0.260 e. The van der Waals surface area contributed by atoms with Crippen LogP contribution < -0.4 is 0 Å². The molecule has 1 aliphatic heterocycles. The van der Waals surface area contributed by atoms with Crippen molar-refractivity contribution in [2.75, 3.05) is 6.54 Å². The van der Waals surface area contributed by atoms with Crippen LogP contribution in [-0.2, 0) is 11.3 Å². The zero-order chi connectivity index (χ0) is 15.1. The van der Waals surface area contributed by atoms with E-state index in [1.54, 1.807) is 29.2 Å². The molecule has 0 unspecified atom stereocenters. The van der Waals surface area contributed by atoms with Gasteiger partial charge in [-0.3, -0.25) is 4.79 Å². The fourth-order valence-corrected chi connectivity index (χ4v) is 3.40. The van der Waals surface area contributed by atoms with E-state index >= 15 is 0 Å². The molecule has 3 rings (SSSR count). The van der Waals surface area contributed by atoms with Gasteiger partial charge in [0.05, 0.1) is 11.5 Å². The second kappa shape index (κ2) is 5.16. The van der Waals surface area contributed by atoms with Gasteiger partial charge in [-0.1, -0.05) is 77.8 Å². The van der Waals surface area contributed by atoms with Crippen LogP contribution in [0.25, 0.3) is 0 Å². The molecule has 1 aliphatic carbocycles. The summed E-state index contributed by atoms with van der Waals surface area (Å²) in [7, 11) is 0. The molecule has 1 N–H and O–H groups in total. The molecule has 0 atom stereocenters. The third kappa shape index (κ3) is 2.39. The second-order valence-electron chi connectivity index (χ2n) is 5.47. The Kier molecular flexibility index (Phi) is 3.60. The van der Waals surface area contributed by atoms with Crippen LogP contribution in [0.15, 0.2) is 54.6 Å². The van der Waals surface area contributed by atoms with Gasteiger partial charge in [-0.05, 0) is 5.56 Å². The molecule has 1 aromatic rings. The van der Waals surface area contributed by atoms with Crippen LogP contribution in [0.5, 0.6) is 0 Å². The molecule has 0 aromatic heterocycles. The number of nitrogens with zero attached hydrogens (tertiary/aromatic N) is 1. The Balaban J connectivity index is 1.88. The van der Waals surface area contributed by atoms with Gasteiger partial charge in [0.1, 0.15) is 0 Å². The molecular formula is C16H15Cl2NO2. The number of likely N-dealkylation sites (tertiary alicyclic amines) is 1. The van der Waals surface area contributed by atoms with E-state index in [0.717, 1.165) is 5.56 Å². The van der Waals surface area contributed by atoms with Gasteiger partial charge < -0.3 is 10.0 Å². The number of halogens is 2. The summed E-state index contributed by atoms with van der Waals surface area (Å²) in [6, 6.07) is 9.70. The maximum Gasteiger partial charge on any atom is 0.260 e. The zero-order valence-electron chi connectivity index (χ0n) is 11.2. The number of benzene rings is 1. The quantitative estimate of drug-likeness (QED) is 0.671. The average Bonchev–Trinajstić information content (AvgIpc) is 2.65. The normalized spacial score (nSPS) is 30.3. The maximum atomic E-state index is 12.5. The Bertz CT molecular complexity index is 596. The second-order valence-corrected chi connectivity index (χ2v) is 6.80. The monoisotopic (exact) mass is 323 g/mol. The molecule has 2 aliphatic rings. The number of aliphatic hydroxyl groups excluding tert-OH is 1. The Labute approximate surface area is 133 Å². The summed E-state index contributed by atoms with van der Waals surface area (Å²) in [4.78, 5) is 14.2. The molecule has 1 saturated heterocycles. The highest BCUT2D eigenvalue weighted by atomic mass is 35.5. The van der Waals surface area contributed by atoms with E-state index in [0.29, 0.717) is 13.1 Å². The first-order valence-corrected chi connectivity index (χ1v) is 7.48. The van der Waals surface area contributed by atoms with Crippen LogP contribution in [0.1, 0.15) is 5.56 Å². The van der Waals surface area contributed by atoms with Crippen molar-refractivity contribution >= 4 is 29.1 Å². The summed E-state index contributed by atoms with van der Waals surface area (Å²) >= 11 is 12.7. The zero-order valence-corrected chi connectivity index (χ0v) is 12.8. The van der Waals surface area contributed by atoms with Crippen LogP contribution in [0.3, 0.4) is 0 Å². The predicted octanol–water partition coefficient (Wildman–Crippen LogP) is 2.68. The SMILES string of the molecule is O=C1N(Cc2ccccc2)CC2(C=CC(O)C=C2)C1(Cl)Cl. The number of hydrogen-bond acceptors (Lipinski definition) is 2. The van der Waals surface area contributed by atoms with Gasteiger partial charge in [0, 0.05) is 13.1 Å². The summed E-state index contributed by atoms with van der Waals surface area (Å²) in [5.74, 6) is -0.305. The average molecular weight is 324 g/mol. The van der Waals surface area contributed by atoms with Gasteiger partial charge in [0.2, 0.25) is 4.33 Å². The molecule has 110 valence electrons. The van der Waals surface area contributed by atoms with Crippen molar-refractivity contribution in [1.29, 1.82) is 0 Å². The van der Waals surface area contributed by atoms with E-state index in [1.165, 1.54) is 0 Å². The Morgan fingerprint density at radius 1 is 1.19 bits per heavy atom. The third-order valence-electron chi connectivity index (χ3n) is 3.99. The van der Waals surface area contributed by atoms with Crippen molar-refractivity contribution in [3.8, 4) is 0 Å².